The molecule has 6 nitrogen and oxygen atoms in total. The molecule has 7 heteroatoms. The lowest BCUT2D eigenvalue weighted by atomic mass is 10.1. The summed E-state index contributed by atoms with van der Waals surface area (Å²) in [5.74, 6) is 0.800. The second kappa shape index (κ2) is 16.0. The van der Waals surface area contributed by atoms with Crippen LogP contribution in [0.1, 0.15) is 36.0 Å². The van der Waals surface area contributed by atoms with E-state index < -0.39 is 0 Å². The van der Waals surface area contributed by atoms with Crippen molar-refractivity contribution < 1.29 is 14.2 Å². The van der Waals surface area contributed by atoms with Gasteiger partial charge in [-0.2, -0.15) is 0 Å². The van der Waals surface area contributed by atoms with Crippen LogP contribution in [0, 0.1) is 0 Å². The molecule has 1 saturated heterocycles. The minimum atomic E-state index is 0. The average Bonchev–Trinajstić information content (AvgIpc) is 3.33. The van der Waals surface area contributed by atoms with Crippen LogP contribution < -0.4 is 10.6 Å². The molecule has 2 aromatic carbocycles. The van der Waals surface area contributed by atoms with Crippen LogP contribution in [0.15, 0.2) is 59.6 Å². The highest BCUT2D eigenvalue weighted by molar-refractivity contribution is 14.0. The van der Waals surface area contributed by atoms with Crippen molar-refractivity contribution >= 4 is 29.9 Å². The second-order valence-corrected chi connectivity index (χ2v) is 7.71. The first kappa shape index (κ1) is 26.6. The van der Waals surface area contributed by atoms with Gasteiger partial charge in [0.05, 0.1) is 25.9 Å². The first-order chi connectivity index (χ1) is 15.3. The van der Waals surface area contributed by atoms with Crippen molar-refractivity contribution in [2.45, 2.75) is 45.1 Å². The number of benzene rings is 2. The summed E-state index contributed by atoms with van der Waals surface area (Å²) in [4.78, 5) is 4.28. The Balaban J connectivity index is 0.00000363. The Morgan fingerprint density at radius 2 is 1.69 bits per heavy atom. The Hall–Kier alpha value is -1.68. The normalized spacial score (nSPS) is 15.9. The van der Waals surface area contributed by atoms with Gasteiger partial charge < -0.3 is 24.8 Å². The summed E-state index contributed by atoms with van der Waals surface area (Å²) in [7, 11) is 1.79. The summed E-state index contributed by atoms with van der Waals surface area (Å²) in [6, 6.07) is 18.7. The number of nitrogens with one attached hydrogen (secondary N) is 2. The number of ether oxygens (including phenoxy) is 3. The summed E-state index contributed by atoms with van der Waals surface area (Å²) >= 11 is 0. The second-order valence-electron chi connectivity index (χ2n) is 7.71. The fourth-order valence-corrected chi connectivity index (χ4v) is 3.39. The quantitative estimate of drug-likeness (QED) is 0.178. The molecule has 1 heterocycles. The maximum atomic E-state index is 5.80. The van der Waals surface area contributed by atoms with Gasteiger partial charge in [0.2, 0.25) is 0 Å². The third-order valence-corrected chi connectivity index (χ3v) is 5.17. The largest absolute Gasteiger partial charge is 0.379 e. The van der Waals surface area contributed by atoms with Crippen molar-refractivity contribution in [3.63, 3.8) is 0 Å². The lowest BCUT2D eigenvalue weighted by Gasteiger charge is -2.13. The Morgan fingerprint density at radius 1 is 0.969 bits per heavy atom. The molecule has 0 aromatic heterocycles. The number of hydrogen-bond acceptors (Lipinski definition) is 4. The van der Waals surface area contributed by atoms with Crippen molar-refractivity contribution in [1.29, 1.82) is 0 Å². The summed E-state index contributed by atoms with van der Waals surface area (Å²) in [5, 5.41) is 6.68. The molecule has 2 N–H and O–H groups in total. The molecule has 0 aliphatic carbocycles. The smallest absolute Gasteiger partial charge is 0.191 e. The molecule has 0 amide bonds. The van der Waals surface area contributed by atoms with Gasteiger partial charge in [0, 0.05) is 33.4 Å². The fraction of sp³-hybridized carbons (Fsp3) is 0.480. The molecule has 3 rings (SSSR count). The predicted octanol–water partition coefficient (Wildman–Crippen LogP) is 4.27. The summed E-state index contributed by atoms with van der Waals surface area (Å²) in [6.45, 7) is 5.11. The molecule has 1 atom stereocenters. The van der Waals surface area contributed by atoms with E-state index in [9.17, 15) is 0 Å². The Morgan fingerprint density at radius 3 is 2.38 bits per heavy atom. The van der Waals surface area contributed by atoms with Gasteiger partial charge >= 0.3 is 0 Å². The molecule has 1 unspecified atom stereocenters. The lowest BCUT2D eigenvalue weighted by Crippen LogP contribution is -2.37. The average molecular weight is 553 g/mol. The van der Waals surface area contributed by atoms with Crippen molar-refractivity contribution in [2.24, 2.45) is 4.99 Å². The monoisotopic (exact) mass is 553 g/mol. The van der Waals surface area contributed by atoms with Gasteiger partial charge in [0.15, 0.2) is 5.96 Å². The minimum absolute atomic E-state index is 0. The number of halogens is 1. The molecule has 0 spiro atoms. The van der Waals surface area contributed by atoms with Crippen LogP contribution in [0.25, 0.3) is 0 Å². The summed E-state index contributed by atoms with van der Waals surface area (Å²) in [5.41, 5.74) is 3.57. The number of hydrogen-bond donors (Lipinski definition) is 2. The summed E-state index contributed by atoms with van der Waals surface area (Å²) in [6.07, 6.45) is 3.51. The molecule has 2 aromatic rings. The van der Waals surface area contributed by atoms with Gasteiger partial charge in [-0.1, -0.05) is 54.6 Å². The van der Waals surface area contributed by atoms with Crippen molar-refractivity contribution in [3.05, 3.63) is 71.3 Å². The number of guanidine groups is 1. The Bertz CT molecular complexity index is 766. The SMILES string of the molecule is CN=C(NCCCOCC1CCCO1)NCc1ccc(COCc2ccccc2)cc1.I. The number of rotatable bonds is 12. The molecule has 0 saturated carbocycles. The van der Waals surface area contributed by atoms with E-state index >= 15 is 0 Å². The Labute approximate surface area is 209 Å². The first-order valence-electron chi connectivity index (χ1n) is 11.2. The summed E-state index contributed by atoms with van der Waals surface area (Å²) < 4.78 is 17.0. The third kappa shape index (κ3) is 10.3. The van der Waals surface area contributed by atoms with E-state index in [2.05, 4.69) is 52.0 Å². The standard InChI is InChI=1S/C25H35N3O3.HI/c1-26-25(27-14-6-15-29-20-24-9-5-16-31-24)28-17-21-10-12-23(13-11-21)19-30-18-22-7-3-2-4-8-22;/h2-4,7-8,10-13,24H,5-6,9,14-20H2,1H3,(H2,26,27,28);1H. The predicted molar refractivity (Wildman–Crippen MR) is 139 cm³/mol. The molecule has 1 aliphatic heterocycles. The van der Waals surface area contributed by atoms with Crippen LogP contribution in [-0.4, -0.2) is 45.5 Å². The zero-order chi connectivity index (χ0) is 21.6. The first-order valence-corrected chi connectivity index (χ1v) is 11.2. The third-order valence-electron chi connectivity index (χ3n) is 5.17. The van der Waals surface area contributed by atoms with Crippen molar-refractivity contribution in [3.8, 4) is 0 Å². The molecular weight excluding hydrogens is 517 g/mol. The maximum absolute atomic E-state index is 5.80. The van der Waals surface area contributed by atoms with Crippen molar-refractivity contribution in [1.82, 2.24) is 10.6 Å². The van der Waals surface area contributed by atoms with Gasteiger partial charge in [-0.15, -0.1) is 24.0 Å². The highest BCUT2D eigenvalue weighted by Gasteiger charge is 2.14. The van der Waals surface area contributed by atoms with Crippen LogP contribution in [0.3, 0.4) is 0 Å². The molecule has 1 fully saturated rings. The molecule has 1 aliphatic rings. The van der Waals surface area contributed by atoms with Gasteiger partial charge in [-0.25, -0.2) is 0 Å². The zero-order valence-corrected chi connectivity index (χ0v) is 21.3. The van der Waals surface area contributed by atoms with E-state index in [1.807, 2.05) is 18.2 Å². The zero-order valence-electron chi connectivity index (χ0n) is 18.9. The van der Waals surface area contributed by atoms with Crippen LogP contribution in [-0.2, 0) is 34.0 Å². The van der Waals surface area contributed by atoms with E-state index in [0.29, 0.717) is 25.9 Å². The van der Waals surface area contributed by atoms with Gasteiger partial charge in [0.25, 0.3) is 0 Å². The van der Waals surface area contributed by atoms with Gasteiger partial charge in [-0.05, 0) is 36.0 Å². The van der Waals surface area contributed by atoms with Crippen LogP contribution in [0.2, 0.25) is 0 Å². The number of aliphatic imine (C=N–C) groups is 1. The van der Waals surface area contributed by atoms with E-state index in [0.717, 1.165) is 51.5 Å². The van der Waals surface area contributed by atoms with Gasteiger partial charge in [-0.3, -0.25) is 4.99 Å². The van der Waals surface area contributed by atoms with E-state index in [1.54, 1.807) is 7.05 Å². The van der Waals surface area contributed by atoms with Crippen LogP contribution in [0.5, 0.6) is 0 Å². The van der Waals surface area contributed by atoms with E-state index in [1.165, 1.54) is 16.7 Å². The maximum Gasteiger partial charge on any atom is 0.191 e. The Kier molecular flexibility index (Phi) is 13.3. The molecule has 176 valence electrons. The molecule has 32 heavy (non-hydrogen) atoms. The van der Waals surface area contributed by atoms with E-state index in [-0.39, 0.29) is 24.0 Å². The van der Waals surface area contributed by atoms with Crippen molar-refractivity contribution in [2.75, 3.05) is 33.4 Å². The number of nitrogens with zero attached hydrogens (tertiary/aromatic N) is 1. The minimum Gasteiger partial charge on any atom is -0.379 e. The molecule has 0 radical (unpaired) electrons. The highest BCUT2D eigenvalue weighted by atomic mass is 127. The molecular formula is C25H36IN3O3. The highest BCUT2D eigenvalue weighted by Crippen LogP contribution is 2.12. The lowest BCUT2D eigenvalue weighted by molar-refractivity contribution is 0.0168. The van der Waals surface area contributed by atoms with Crippen LogP contribution >= 0.6 is 24.0 Å². The fourth-order valence-electron chi connectivity index (χ4n) is 3.39. The van der Waals surface area contributed by atoms with Gasteiger partial charge in [0.1, 0.15) is 0 Å². The topological polar surface area (TPSA) is 64.1 Å². The van der Waals surface area contributed by atoms with Crippen LogP contribution in [0.4, 0.5) is 0 Å². The van der Waals surface area contributed by atoms with E-state index in [4.69, 9.17) is 14.2 Å². The molecule has 0 bridgehead atoms.